The minimum absolute atomic E-state index is 0.00580. The fraction of sp³-hybridized carbons (Fsp3) is 0.263. The summed E-state index contributed by atoms with van der Waals surface area (Å²) < 4.78 is 4.90. The van der Waals surface area contributed by atoms with Gasteiger partial charge < -0.3 is 19.6 Å². The maximum Gasteiger partial charge on any atom is 0.270 e. The molecule has 1 aliphatic heterocycles. The third-order valence-electron chi connectivity index (χ3n) is 4.59. The minimum Gasteiger partial charge on any atom is -0.472 e. The first-order chi connectivity index (χ1) is 12.1. The van der Waals surface area contributed by atoms with Crippen LogP contribution in [-0.2, 0) is 0 Å². The van der Waals surface area contributed by atoms with E-state index in [4.69, 9.17) is 4.42 Å². The lowest BCUT2D eigenvalue weighted by Crippen LogP contribution is -2.53. The fourth-order valence-electron chi connectivity index (χ4n) is 3.12. The number of amides is 2. The molecule has 0 spiro atoms. The van der Waals surface area contributed by atoms with Crippen molar-refractivity contribution >= 4 is 22.7 Å². The Bertz CT molecular complexity index is 921. The van der Waals surface area contributed by atoms with Gasteiger partial charge in [-0.05, 0) is 30.7 Å². The van der Waals surface area contributed by atoms with E-state index >= 15 is 0 Å². The molecule has 2 amide bonds. The van der Waals surface area contributed by atoms with Crippen LogP contribution in [0.2, 0.25) is 0 Å². The van der Waals surface area contributed by atoms with Crippen molar-refractivity contribution in [3.05, 3.63) is 59.7 Å². The molecule has 0 unspecified atom stereocenters. The lowest BCUT2D eigenvalue weighted by atomic mass is 9.99. The SMILES string of the molecule is Cc1ccc2cc(C(=O)N3CC(CNC(=O)c4ccoc4)C3)[nH]c2c1. The molecular formula is C19H19N3O3. The van der Waals surface area contributed by atoms with Crippen molar-refractivity contribution in [2.75, 3.05) is 19.6 Å². The fourth-order valence-corrected chi connectivity index (χ4v) is 3.12. The number of nitrogens with one attached hydrogen (secondary N) is 2. The van der Waals surface area contributed by atoms with Gasteiger partial charge in [0.15, 0.2) is 0 Å². The van der Waals surface area contributed by atoms with Crippen LogP contribution in [0.4, 0.5) is 0 Å². The zero-order chi connectivity index (χ0) is 17.4. The number of nitrogens with zero attached hydrogens (tertiary/aromatic N) is 1. The predicted molar refractivity (Wildman–Crippen MR) is 93.5 cm³/mol. The van der Waals surface area contributed by atoms with E-state index in [1.54, 1.807) is 11.0 Å². The van der Waals surface area contributed by atoms with Gasteiger partial charge in [0.2, 0.25) is 0 Å². The van der Waals surface area contributed by atoms with Crippen LogP contribution in [0.5, 0.6) is 0 Å². The average Bonchev–Trinajstić information content (AvgIpc) is 3.21. The summed E-state index contributed by atoms with van der Waals surface area (Å²) in [5.41, 5.74) is 3.26. The van der Waals surface area contributed by atoms with E-state index in [0.29, 0.717) is 30.9 Å². The number of aromatic nitrogens is 1. The Morgan fingerprint density at radius 2 is 2.12 bits per heavy atom. The van der Waals surface area contributed by atoms with Gasteiger partial charge in [-0.1, -0.05) is 12.1 Å². The van der Waals surface area contributed by atoms with Gasteiger partial charge in [-0.25, -0.2) is 0 Å². The number of aryl methyl sites for hydroxylation is 1. The number of rotatable bonds is 4. The Hall–Kier alpha value is -3.02. The summed E-state index contributed by atoms with van der Waals surface area (Å²) in [4.78, 5) is 29.4. The zero-order valence-corrected chi connectivity index (χ0v) is 13.9. The van der Waals surface area contributed by atoms with E-state index in [1.807, 2.05) is 31.2 Å². The molecule has 128 valence electrons. The monoisotopic (exact) mass is 337 g/mol. The van der Waals surface area contributed by atoms with Gasteiger partial charge in [-0.2, -0.15) is 0 Å². The summed E-state index contributed by atoms with van der Waals surface area (Å²) in [6.07, 6.45) is 2.89. The Balaban J connectivity index is 1.32. The normalized spacial score (nSPS) is 14.5. The van der Waals surface area contributed by atoms with Gasteiger partial charge in [0.05, 0.1) is 11.8 Å². The van der Waals surface area contributed by atoms with Crippen molar-refractivity contribution in [3.63, 3.8) is 0 Å². The van der Waals surface area contributed by atoms with Gasteiger partial charge >= 0.3 is 0 Å². The van der Waals surface area contributed by atoms with Gasteiger partial charge in [0.1, 0.15) is 12.0 Å². The number of aromatic amines is 1. The molecule has 0 atom stereocenters. The lowest BCUT2D eigenvalue weighted by Gasteiger charge is -2.39. The second-order valence-electron chi connectivity index (χ2n) is 6.57. The molecule has 3 heterocycles. The number of hydrogen-bond donors (Lipinski definition) is 2. The molecule has 1 aliphatic rings. The largest absolute Gasteiger partial charge is 0.472 e. The number of carbonyl (C=O) groups excluding carboxylic acids is 2. The van der Waals surface area contributed by atoms with E-state index in [2.05, 4.69) is 10.3 Å². The molecule has 3 aromatic rings. The van der Waals surface area contributed by atoms with E-state index in [9.17, 15) is 9.59 Å². The highest BCUT2D eigenvalue weighted by molar-refractivity contribution is 5.98. The maximum atomic E-state index is 12.5. The van der Waals surface area contributed by atoms with Crippen LogP contribution in [0, 0.1) is 12.8 Å². The first kappa shape index (κ1) is 15.5. The van der Waals surface area contributed by atoms with Crippen molar-refractivity contribution in [2.45, 2.75) is 6.92 Å². The quantitative estimate of drug-likeness (QED) is 0.768. The molecule has 1 saturated heterocycles. The van der Waals surface area contributed by atoms with Crippen LogP contribution in [0.1, 0.15) is 26.4 Å². The first-order valence-electron chi connectivity index (χ1n) is 8.29. The number of furan rings is 1. The highest BCUT2D eigenvalue weighted by atomic mass is 16.3. The number of likely N-dealkylation sites (tertiary alicyclic amines) is 1. The second kappa shape index (κ2) is 6.12. The maximum absolute atomic E-state index is 12.5. The van der Waals surface area contributed by atoms with Crippen LogP contribution in [0.25, 0.3) is 10.9 Å². The number of H-pyrrole nitrogens is 1. The topological polar surface area (TPSA) is 78.3 Å². The molecule has 1 fully saturated rings. The van der Waals surface area contributed by atoms with Crippen LogP contribution in [0.15, 0.2) is 47.3 Å². The molecule has 6 heteroatoms. The lowest BCUT2D eigenvalue weighted by molar-refractivity contribution is 0.0493. The molecule has 0 radical (unpaired) electrons. The molecule has 4 rings (SSSR count). The smallest absolute Gasteiger partial charge is 0.270 e. The van der Waals surface area contributed by atoms with E-state index in [0.717, 1.165) is 16.5 Å². The van der Waals surface area contributed by atoms with Crippen molar-refractivity contribution in [1.29, 1.82) is 0 Å². The zero-order valence-electron chi connectivity index (χ0n) is 13.9. The van der Waals surface area contributed by atoms with Gasteiger partial charge in [-0.15, -0.1) is 0 Å². The number of fused-ring (bicyclic) bond motifs is 1. The van der Waals surface area contributed by atoms with E-state index in [1.165, 1.54) is 12.5 Å². The summed E-state index contributed by atoms with van der Waals surface area (Å²) >= 11 is 0. The Kier molecular flexibility index (Phi) is 3.80. The summed E-state index contributed by atoms with van der Waals surface area (Å²) in [5, 5.41) is 3.91. The van der Waals surface area contributed by atoms with Crippen molar-refractivity contribution in [2.24, 2.45) is 5.92 Å². The van der Waals surface area contributed by atoms with Crippen molar-refractivity contribution in [1.82, 2.24) is 15.2 Å². The molecule has 1 aromatic carbocycles. The van der Waals surface area contributed by atoms with Crippen LogP contribution in [0.3, 0.4) is 0 Å². The van der Waals surface area contributed by atoms with Crippen molar-refractivity contribution < 1.29 is 14.0 Å². The number of carbonyl (C=O) groups is 2. The minimum atomic E-state index is -0.149. The molecule has 0 saturated carbocycles. The second-order valence-corrected chi connectivity index (χ2v) is 6.57. The number of hydrogen-bond acceptors (Lipinski definition) is 3. The standard InChI is InChI=1S/C19H19N3O3/c1-12-2-3-14-7-17(21-16(14)6-12)19(24)22-9-13(10-22)8-20-18(23)15-4-5-25-11-15/h2-7,11,13,21H,8-10H2,1H3,(H,20,23). The summed E-state index contributed by atoms with van der Waals surface area (Å²) in [6, 6.07) is 9.61. The van der Waals surface area contributed by atoms with E-state index in [-0.39, 0.29) is 17.7 Å². The van der Waals surface area contributed by atoms with Crippen LogP contribution < -0.4 is 5.32 Å². The Labute approximate surface area is 144 Å². The summed E-state index contributed by atoms with van der Waals surface area (Å²) in [6.45, 7) is 3.89. The first-order valence-corrected chi connectivity index (χ1v) is 8.29. The highest BCUT2D eigenvalue weighted by Gasteiger charge is 2.32. The summed E-state index contributed by atoms with van der Waals surface area (Å²) in [5.74, 6) is 0.141. The molecule has 0 aliphatic carbocycles. The summed E-state index contributed by atoms with van der Waals surface area (Å²) in [7, 11) is 0. The highest BCUT2D eigenvalue weighted by Crippen LogP contribution is 2.22. The third-order valence-corrected chi connectivity index (χ3v) is 4.59. The third kappa shape index (κ3) is 3.03. The van der Waals surface area contributed by atoms with Gasteiger partial charge in [-0.3, -0.25) is 9.59 Å². The predicted octanol–water partition coefficient (Wildman–Crippen LogP) is 2.57. The van der Waals surface area contributed by atoms with Gasteiger partial charge in [0.25, 0.3) is 11.8 Å². The Morgan fingerprint density at radius 3 is 2.88 bits per heavy atom. The molecule has 6 nitrogen and oxygen atoms in total. The molecular weight excluding hydrogens is 318 g/mol. The van der Waals surface area contributed by atoms with Crippen LogP contribution >= 0.6 is 0 Å². The molecule has 25 heavy (non-hydrogen) atoms. The van der Waals surface area contributed by atoms with Crippen LogP contribution in [-0.4, -0.2) is 41.3 Å². The average molecular weight is 337 g/mol. The van der Waals surface area contributed by atoms with E-state index < -0.39 is 0 Å². The molecule has 2 N–H and O–H groups in total. The Morgan fingerprint density at radius 1 is 1.28 bits per heavy atom. The molecule has 2 aromatic heterocycles. The van der Waals surface area contributed by atoms with Crippen molar-refractivity contribution in [3.8, 4) is 0 Å². The molecule has 0 bridgehead atoms. The van der Waals surface area contributed by atoms with Gasteiger partial charge in [0, 0.05) is 36.5 Å². The number of benzene rings is 1.